The highest BCUT2D eigenvalue weighted by Gasteiger charge is 2.32. The van der Waals surface area contributed by atoms with Crippen molar-refractivity contribution in [2.75, 3.05) is 7.11 Å². The van der Waals surface area contributed by atoms with Crippen LogP contribution in [-0.2, 0) is 4.74 Å². The van der Waals surface area contributed by atoms with Gasteiger partial charge in [0.2, 0.25) is 0 Å². The van der Waals surface area contributed by atoms with Gasteiger partial charge in [-0.25, -0.2) is 18.6 Å². The summed E-state index contributed by atoms with van der Waals surface area (Å²) in [4.78, 5) is 24.4. The molecule has 0 radical (unpaired) electrons. The maximum Gasteiger partial charge on any atom is 0.357 e. The van der Waals surface area contributed by atoms with Crippen LogP contribution in [0.25, 0.3) is 0 Å². The summed E-state index contributed by atoms with van der Waals surface area (Å²) in [7, 11) is 0.977. The van der Waals surface area contributed by atoms with Crippen molar-refractivity contribution in [3.8, 4) is 0 Å². The molecule has 0 saturated heterocycles. The zero-order valence-electron chi connectivity index (χ0n) is 8.94. The Balaban J connectivity index is 3.59. The number of pyridine rings is 1. The first kappa shape index (κ1) is 12.9. The Hall–Kier alpha value is -2.12. The van der Waals surface area contributed by atoms with Crippen LogP contribution >= 0.6 is 0 Å². The molecule has 0 spiro atoms. The van der Waals surface area contributed by atoms with E-state index in [0.29, 0.717) is 0 Å². The summed E-state index contributed by atoms with van der Waals surface area (Å²) in [5, 5.41) is 10.7. The lowest BCUT2D eigenvalue weighted by molar-refractivity contribution is -0.387. The van der Waals surface area contributed by atoms with Gasteiger partial charge in [0.1, 0.15) is 5.56 Å². The summed E-state index contributed by atoms with van der Waals surface area (Å²) in [6.45, 7) is 1.26. The second kappa shape index (κ2) is 4.81. The first-order valence-electron chi connectivity index (χ1n) is 4.40. The molecule has 1 heterocycles. The standard InChI is InChI=1S/C9H8F2N2O4/c1-4-3-12-6(9(14)17-2)5(8(10)11)7(4)13(15)16/h3,8H,1-2H3. The van der Waals surface area contributed by atoms with Gasteiger partial charge in [-0.3, -0.25) is 10.1 Å². The molecule has 1 aromatic heterocycles. The van der Waals surface area contributed by atoms with Gasteiger partial charge in [0.05, 0.1) is 12.0 Å². The summed E-state index contributed by atoms with van der Waals surface area (Å²) >= 11 is 0. The Morgan fingerprint density at radius 2 is 2.18 bits per heavy atom. The number of aryl methyl sites for hydroxylation is 1. The van der Waals surface area contributed by atoms with Crippen LogP contribution < -0.4 is 0 Å². The van der Waals surface area contributed by atoms with Gasteiger partial charge in [-0.05, 0) is 6.92 Å². The van der Waals surface area contributed by atoms with Gasteiger partial charge >= 0.3 is 5.97 Å². The number of alkyl halides is 2. The maximum atomic E-state index is 12.8. The van der Waals surface area contributed by atoms with Crippen molar-refractivity contribution in [2.45, 2.75) is 13.3 Å². The minimum atomic E-state index is -3.18. The van der Waals surface area contributed by atoms with E-state index in [9.17, 15) is 23.7 Å². The number of aromatic nitrogens is 1. The number of rotatable bonds is 3. The molecule has 0 N–H and O–H groups in total. The fourth-order valence-electron chi connectivity index (χ4n) is 1.33. The quantitative estimate of drug-likeness (QED) is 0.463. The molecule has 0 aromatic carbocycles. The number of nitrogens with zero attached hydrogens (tertiary/aromatic N) is 2. The van der Waals surface area contributed by atoms with Crippen LogP contribution in [0.3, 0.4) is 0 Å². The summed E-state index contributed by atoms with van der Waals surface area (Å²) in [5.41, 5.74) is -2.60. The maximum absolute atomic E-state index is 12.8. The van der Waals surface area contributed by atoms with E-state index >= 15 is 0 Å². The topological polar surface area (TPSA) is 82.3 Å². The molecule has 1 aromatic rings. The molecule has 0 unspecified atom stereocenters. The molecular weight excluding hydrogens is 238 g/mol. The number of carbonyl (C=O) groups excluding carboxylic acids is 1. The van der Waals surface area contributed by atoms with Crippen molar-refractivity contribution < 1.29 is 23.2 Å². The third-order valence-electron chi connectivity index (χ3n) is 2.05. The molecule has 0 amide bonds. The Kier molecular flexibility index (Phi) is 3.66. The Bertz CT molecular complexity index is 476. The summed E-state index contributed by atoms with van der Waals surface area (Å²) < 4.78 is 29.8. The number of nitro groups is 1. The van der Waals surface area contributed by atoms with E-state index in [4.69, 9.17) is 0 Å². The highest BCUT2D eigenvalue weighted by molar-refractivity contribution is 5.90. The molecule has 8 heteroatoms. The lowest BCUT2D eigenvalue weighted by atomic mass is 10.1. The van der Waals surface area contributed by atoms with Crippen LogP contribution in [0.5, 0.6) is 0 Å². The van der Waals surface area contributed by atoms with Crippen LogP contribution in [-0.4, -0.2) is 23.0 Å². The number of ether oxygens (including phenoxy) is 1. The van der Waals surface area contributed by atoms with Crippen LogP contribution in [0.2, 0.25) is 0 Å². The fourth-order valence-corrected chi connectivity index (χ4v) is 1.33. The monoisotopic (exact) mass is 246 g/mol. The largest absolute Gasteiger partial charge is 0.464 e. The van der Waals surface area contributed by atoms with Gasteiger partial charge in [-0.1, -0.05) is 0 Å². The molecule has 0 bridgehead atoms. The minimum absolute atomic E-state index is 0.0436. The summed E-state index contributed by atoms with van der Waals surface area (Å²) in [6, 6.07) is 0. The lowest BCUT2D eigenvalue weighted by Gasteiger charge is -2.08. The average molecular weight is 246 g/mol. The molecule has 92 valence electrons. The minimum Gasteiger partial charge on any atom is -0.464 e. The predicted octanol–water partition coefficient (Wildman–Crippen LogP) is 2.02. The van der Waals surface area contributed by atoms with Crippen molar-refractivity contribution in [2.24, 2.45) is 0 Å². The first-order valence-corrected chi connectivity index (χ1v) is 4.40. The van der Waals surface area contributed by atoms with E-state index in [0.717, 1.165) is 13.3 Å². The molecular formula is C9H8F2N2O4. The lowest BCUT2D eigenvalue weighted by Crippen LogP contribution is -2.12. The van der Waals surface area contributed by atoms with E-state index in [-0.39, 0.29) is 5.56 Å². The number of carbonyl (C=O) groups is 1. The second-order valence-corrected chi connectivity index (χ2v) is 3.10. The third kappa shape index (κ3) is 2.35. The Labute approximate surface area is 94.4 Å². The van der Waals surface area contributed by atoms with Crippen molar-refractivity contribution in [3.05, 3.63) is 33.1 Å². The average Bonchev–Trinajstić information content (AvgIpc) is 2.26. The molecule has 0 aliphatic heterocycles. The van der Waals surface area contributed by atoms with Gasteiger partial charge in [-0.15, -0.1) is 0 Å². The number of esters is 1. The van der Waals surface area contributed by atoms with Crippen LogP contribution in [0.1, 0.15) is 28.0 Å². The van der Waals surface area contributed by atoms with Crippen molar-refractivity contribution in [3.63, 3.8) is 0 Å². The highest BCUT2D eigenvalue weighted by Crippen LogP contribution is 2.33. The third-order valence-corrected chi connectivity index (χ3v) is 2.05. The predicted molar refractivity (Wildman–Crippen MR) is 51.9 cm³/mol. The number of hydrogen-bond donors (Lipinski definition) is 0. The van der Waals surface area contributed by atoms with Crippen LogP contribution in [0.4, 0.5) is 14.5 Å². The van der Waals surface area contributed by atoms with Crippen molar-refractivity contribution >= 4 is 11.7 Å². The fraction of sp³-hybridized carbons (Fsp3) is 0.333. The van der Waals surface area contributed by atoms with Gasteiger partial charge in [0, 0.05) is 11.8 Å². The molecule has 0 aliphatic rings. The normalized spacial score (nSPS) is 10.4. The molecule has 0 atom stereocenters. The molecule has 17 heavy (non-hydrogen) atoms. The summed E-state index contributed by atoms with van der Waals surface area (Å²) in [5.74, 6) is -1.14. The van der Waals surface area contributed by atoms with Gasteiger partial charge < -0.3 is 4.74 Å². The SMILES string of the molecule is COC(=O)c1ncc(C)c([N+](=O)[O-])c1C(F)F. The molecule has 6 nitrogen and oxygen atoms in total. The van der Waals surface area contributed by atoms with Gasteiger partial charge in [0.25, 0.3) is 12.1 Å². The summed E-state index contributed by atoms with van der Waals surface area (Å²) in [6.07, 6.45) is -2.20. The zero-order chi connectivity index (χ0) is 13.2. The zero-order valence-corrected chi connectivity index (χ0v) is 8.94. The highest BCUT2D eigenvalue weighted by atomic mass is 19.3. The van der Waals surface area contributed by atoms with Gasteiger partial charge in [-0.2, -0.15) is 0 Å². The van der Waals surface area contributed by atoms with Gasteiger partial charge in [0.15, 0.2) is 5.69 Å². The number of halogens is 2. The second-order valence-electron chi connectivity index (χ2n) is 3.10. The number of methoxy groups -OCH3 is 1. The van der Waals surface area contributed by atoms with E-state index in [1.807, 2.05) is 0 Å². The Morgan fingerprint density at radius 3 is 2.59 bits per heavy atom. The van der Waals surface area contributed by atoms with E-state index < -0.39 is 34.3 Å². The van der Waals surface area contributed by atoms with Crippen molar-refractivity contribution in [1.82, 2.24) is 4.98 Å². The van der Waals surface area contributed by atoms with E-state index in [1.165, 1.54) is 6.92 Å². The molecule has 0 aliphatic carbocycles. The van der Waals surface area contributed by atoms with Crippen LogP contribution in [0.15, 0.2) is 6.20 Å². The van der Waals surface area contributed by atoms with Crippen LogP contribution in [0, 0.1) is 17.0 Å². The Morgan fingerprint density at radius 1 is 1.59 bits per heavy atom. The van der Waals surface area contributed by atoms with E-state index in [2.05, 4.69) is 9.72 Å². The smallest absolute Gasteiger partial charge is 0.357 e. The van der Waals surface area contributed by atoms with Crippen molar-refractivity contribution in [1.29, 1.82) is 0 Å². The molecule has 1 rings (SSSR count). The molecule has 0 fully saturated rings. The van der Waals surface area contributed by atoms with E-state index in [1.54, 1.807) is 0 Å². The number of hydrogen-bond acceptors (Lipinski definition) is 5. The first-order chi connectivity index (χ1) is 7.90. The molecule has 0 saturated carbocycles.